The molecule has 1 aliphatic rings. The van der Waals surface area contributed by atoms with Crippen molar-refractivity contribution in [3.8, 4) is 0 Å². The van der Waals surface area contributed by atoms with Crippen LogP contribution in [0.3, 0.4) is 0 Å². The van der Waals surface area contributed by atoms with E-state index in [4.69, 9.17) is 0 Å². The van der Waals surface area contributed by atoms with Gasteiger partial charge in [0.1, 0.15) is 6.54 Å². The van der Waals surface area contributed by atoms with Gasteiger partial charge in [-0.15, -0.1) is 0 Å². The first-order valence-electron chi connectivity index (χ1n) is 9.28. The minimum Gasteiger partial charge on any atom is -1.00 e. The lowest BCUT2D eigenvalue weighted by Gasteiger charge is -2.36. The van der Waals surface area contributed by atoms with Crippen LogP contribution in [0.25, 0.3) is 0 Å². The molecule has 1 aromatic rings. The molecule has 1 aliphatic carbocycles. The van der Waals surface area contributed by atoms with Gasteiger partial charge in [0, 0.05) is 5.56 Å². The van der Waals surface area contributed by atoms with E-state index in [1.54, 1.807) is 0 Å². The van der Waals surface area contributed by atoms with Crippen LogP contribution in [0, 0.1) is 0 Å². The van der Waals surface area contributed by atoms with E-state index < -0.39 is 0 Å². The molecule has 0 N–H and O–H groups in total. The summed E-state index contributed by atoms with van der Waals surface area (Å²) in [5, 5.41) is 0. The van der Waals surface area contributed by atoms with Crippen molar-refractivity contribution in [2.75, 3.05) is 26.2 Å². The van der Waals surface area contributed by atoms with Crippen LogP contribution in [-0.2, 0) is 6.54 Å². The molecule has 3 nitrogen and oxygen atoms in total. The summed E-state index contributed by atoms with van der Waals surface area (Å²) in [6.45, 7) is 9.82. The SMILES string of the molecule is CC[N+](CC)(CCN=C=NC1CCCCC1)Cc1ccccc1.[Br-]. The fraction of sp³-hybridized carbons (Fsp3) is 0.650. The zero-order valence-corrected chi connectivity index (χ0v) is 16.8. The molecule has 4 heteroatoms. The molecule has 0 saturated heterocycles. The van der Waals surface area contributed by atoms with Crippen molar-refractivity contribution in [1.29, 1.82) is 0 Å². The number of nitrogens with zero attached hydrogens (tertiary/aromatic N) is 3. The number of quaternary nitrogens is 1. The maximum atomic E-state index is 4.51. The highest BCUT2D eigenvalue weighted by atomic mass is 79.9. The van der Waals surface area contributed by atoms with Gasteiger partial charge in [-0.2, -0.15) is 0 Å². The van der Waals surface area contributed by atoms with Crippen LogP contribution in [0.4, 0.5) is 0 Å². The standard InChI is InChI=1S/C20H32N3.BrH/c1-3-23(4-2,17-19-11-7-5-8-12-19)16-15-21-18-22-20-13-9-6-10-14-20;/h5,7-8,11-12,20H,3-4,6,9-10,13-17H2,1-2H3;1H/q+1;/p-1. The van der Waals surface area contributed by atoms with E-state index in [9.17, 15) is 0 Å². The molecule has 0 aliphatic heterocycles. The third kappa shape index (κ3) is 6.88. The number of likely N-dealkylation sites (N-methyl/N-ethyl adjacent to an activating group) is 1. The Kier molecular flexibility index (Phi) is 10.2. The molecule has 0 heterocycles. The number of halogens is 1. The van der Waals surface area contributed by atoms with Gasteiger partial charge in [0.05, 0.1) is 38.2 Å². The van der Waals surface area contributed by atoms with E-state index in [0.29, 0.717) is 6.04 Å². The second-order valence-electron chi connectivity index (χ2n) is 6.74. The van der Waals surface area contributed by atoms with Crippen molar-refractivity contribution in [1.82, 2.24) is 0 Å². The van der Waals surface area contributed by atoms with Gasteiger partial charge in [-0.3, -0.25) is 0 Å². The molecule has 1 aromatic carbocycles. The number of hydrogen-bond donors (Lipinski definition) is 0. The quantitative estimate of drug-likeness (QED) is 0.472. The third-order valence-corrected chi connectivity index (χ3v) is 5.27. The van der Waals surface area contributed by atoms with Crippen molar-refractivity contribution < 1.29 is 21.5 Å². The maximum Gasteiger partial charge on any atom is 0.104 e. The summed E-state index contributed by atoms with van der Waals surface area (Å²) in [6.07, 6.45) is 6.45. The Balaban J connectivity index is 0.00000288. The molecule has 0 amide bonds. The smallest absolute Gasteiger partial charge is 0.104 e. The molecular formula is C20H32BrN3. The van der Waals surface area contributed by atoms with E-state index in [-0.39, 0.29) is 17.0 Å². The summed E-state index contributed by atoms with van der Waals surface area (Å²) >= 11 is 0. The monoisotopic (exact) mass is 393 g/mol. The lowest BCUT2D eigenvalue weighted by Crippen LogP contribution is -3.00. The summed E-state index contributed by atoms with van der Waals surface area (Å²) in [5.41, 5.74) is 1.41. The Labute approximate surface area is 158 Å². The van der Waals surface area contributed by atoms with Gasteiger partial charge in [-0.25, -0.2) is 9.98 Å². The lowest BCUT2D eigenvalue weighted by atomic mass is 9.96. The molecule has 1 fully saturated rings. The number of benzene rings is 1. The van der Waals surface area contributed by atoms with Crippen LogP contribution < -0.4 is 17.0 Å². The van der Waals surface area contributed by atoms with E-state index >= 15 is 0 Å². The second-order valence-corrected chi connectivity index (χ2v) is 6.74. The highest BCUT2D eigenvalue weighted by Crippen LogP contribution is 2.19. The summed E-state index contributed by atoms with van der Waals surface area (Å²) in [4.78, 5) is 8.97. The molecule has 0 unspecified atom stereocenters. The predicted molar refractivity (Wildman–Crippen MR) is 98.0 cm³/mol. The van der Waals surface area contributed by atoms with Crippen LogP contribution in [0.1, 0.15) is 51.5 Å². The second kappa shape index (κ2) is 11.6. The van der Waals surface area contributed by atoms with Crippen LogP contribution >= 0.6 is 0 Å². The first-order chi connectivity index (χ1) is 11.3. The van der Waals surface area contributed by atoms with Crippen LogP contribution in [0.2, 0.25) is 0 Å². The van der Waals surface area contributed by atoms with E-state index in [0.717, 1.165) is 37.2 Å². The van der Waals surface area contributed by atoms with Crippen molar-refractivity contribution >= 4 is 6.01 Å². The Morgan fingerprint density at radius 1 is 1.04 bits per heavy atom. The first-order valence-corrected chi connectivity index (χ1v) is 9.28. The van der Waals surface area contributed by atoms with E-state index in [2.05, 4.69) is 60.2 Å². The third-order valence-electron chi connectivity index (χ3n) is 5.27. The Bertz CT molecular complexity index is 499. The molecule has 0 radical (unpaired) electrons. The number of hydrogen-bond acceptors (Lipinski definition) is 2. The predicted octanol–water partition coefficient (Wildman–Crippen LogP) is 1.55. The highest BCUT2D eigenvalue weighted by Gasteiger charge is 2.23. The highest BCUT2D eigenvalue weighted by molar-refractivity contribution is 5.41. The zero-order chi connectivity index (χ0) is 16.4. The minimum absolute atomic E-state index is 0. The molecule has 2 rings (SSSR count). The largest absolute Gasteiger partial charge is 1.00 e. The van der Waals surface area contributed by atoms with Crippen LogP contribution in [0.5, 0.6) is 0 Å². The molecule has 1 saturated carbocycles. The normalized spacial score (nSPS) is 15.2. The number of rotatable bonds is 8. The summed E-state index contributed by atoms with van der Waals surface area (Å²) in [6, 6.07) is 14.3. The Morgan fingerprint density at radius 2 is 1.71 bits per heavy atom. The molecule has 134 valence electrons. The van der Waals surface area contributed by atoms with Crippen molar-refractivity contribution in [3.63, 3.8) is 0 Å². The zero-order valence-electron chi connectivity index (χ0n) is 15.3. The van der Waals surface area contributed by atoms with E-state index in [1.807, 2.05) is 0 Å². The Morgan fingerprint density at radius 3 is 2.33 bits per heavy atom. The molecule has 0 spiro atoms. The molecule has 24 heavy (non-hydrogen) atoms. The molecular weight excluding hydrogens is 362 g/mol. The van der Waals surface area contributed by atoms with E-state index in [1.165, 1.54) is 37.7 Å². The Hall–Kier alpha value is -0.960. The topological polar surface area (TPSA) is 24.7 Å². The number of aliphatic imine (C=N–C) groups is 2. The van der Waals surface area contributed by atoms with Gasteiger partial charge in [-0.1, -0.05) is 49.6 Å². The average molecular weight is 394 g/mol. The van der Waals surface area contributed by atoms with Gasteiger partial charge in [-0.05, 0) is 26.7 Å². The van der Waals surface area contributed by atoms with Gasteiger partial charge < -0.3 is 21.5 Å². The maximum absolute atomic E-state index is 4.51. The van der Waals surface area contributed by atoms with Crippen molar-refractivity contribution in [3.05, 3.63) is 35.9 Å². The summed E-state index contributed by atoms with van der Waals surface area (Å²) in [7, 11) is 0. The van der Waals surface area contributed by atoms with Crippen LogP contribution in [0.15, 0.2) is 40.3 Å². The molecule has 0 bridgehead atoms. The fourth-order valence-corrected chi connectivity index (χ4v) is 3.46. The summed E-state index contributed by atoms with van der Waals surface area (Å²) in [5.74, 6) is 0. The van der Waals surface area contributed by atoms with Crippen molar-refractivity contribution in [2.45, 2.75) is 58.5 Å². The van der Waals surface area contributed by atoms with Crippen LogP contribution in [-0.4, -0.2) is 42.7 Å². The molecule has 0 atom stereocenters. The van der Waals surface area contributed by atoms with Gasteiger partial charge in [0.25, 0.3) is 0 Å². The summed E-state index contributed by atoms with van der Waals surface area (Å²) < 4.78 is 1.08. The van der Waals surface area contributed by atoms with Gasteiger partial charge >= 0.3 is 0 Å². The molecule has 0 aromatic heterocycles. The fourth-order valence-electron chi connectivity index (χ4n) is 3.46. The van der Waals surface area contributed by atoms with Gasteiger partial charge in [0.2, 0.25) is 0 Å². The first kappa shape index (κ1) is 21.1. The minimum atomic E-state index is 0. The lowest BCUT2D eigenvalue weighted by molar-refractivity contribution is -0.936. The van der Waals surface area contributed by atoms with Crippen molar-refractivity contribution in [2.24, 2.45) is 9.98 Å². The van der Waals surface area contributed by atoms with Gasteiger partial charge in [0.15, 0.2) is 0 Å². The average Bonchev–Trinajstić information content (AvgIpc) is 2.62.